The Labute approximate surface area is 113 Å². The Balaban J connectivity index is 1.57. The molecule has 102 valence electrons. The molecule has 2 unspecified atom stereocenters. The number of nitrogens with one attached hydrogen (secondary N) is 1. The standard InChI is InChI=1S/C15H21N3O/c19-15-8-3-9-16-13(15)6-4-10-18-11-17-12-5-1-2-7-14(12)18/h1-2,5,7,11,13,15-16,19H,3-4,6,8-10H2. The van der Waals surface area contributed by atoms with Crippen molar-refractivity contribution in [2.75, 3.05) is 6.54 Å². The molecule has 2 heterocycles. The van der Waals surface area contributed by atoms with E-state index in [1.165, 1.54) is 5.52 Å². The number of piperidine rings is 1. The molecule has 4 heteroatoms. The minimum atomic E-state index is -0.173. The molecule has 1 aliphatic heterocycles. The molecule has 3 rings (SSSR count). The van der Waals surface area contributed by atoms with Crippen LogP contribution in [0.4, 0.5) is 0 Å². The Morgan fingerprint density at radius 3 is 3.16 bits per heavy atom. The Morgan fingerprint density at radius 2 is 2.26 bits per heavy atom. The topological polar surface area (TPSA) is 50.1 Å². The minimum Gasteiger partial charge on any atom is -0.392 e. The van der Waals surface area contributed by atoms with Crippen LogP contribution < -0.4 is 5.32 Å². The molecule has 1 aromatic carbocycles. The summed E-state index contributed by atoms with van der Waals surface area (Å²) in [6, 6.07) is 8.48. The normalized spacial score (nSPS) is 23.8. The number of hydrogen-bond acceptors (Lipinski definition) is 3. The zero-order valence-electron chi connectivity index (χ0n) is 11.1. The Hall–Kier alpha value is -1.39. The zero-order valence-corrected chi connectivity index (χ0v) is 11.1. The maximum Gasteiger partial charge on any atom is 0.0958 e. The van der Waals surface area contributed by atoms with Crippen molar-refractivity contribution in [3.8, 4) is 0 Å². The molecule has 1 aliphatic rings. The SMILES string of the molecule is OC1CCCNC1CCCn1cnc2ccccc21. The third-order valence-corrected chi connectivity index (χ3v) is 3.99. The average molecular weight is 259 g/mol. The van der Waals surface area contributed by atoms with Crippen LogP contribution in [0.3, 0.4) is 0 Å². The van der Waals surface area contributed by atoms with Gasteiger partial charge in [-0.25, -0.2) is 4.98 Å². The third-order valence-electron chi connectivity index (χ3n) is 3.99. The first-order valence-electron chi connectivity index (χ1n) is 7.16. The maximum absolute atomic E-state index is 9.92. The monoisotopic (exact) mass is 259 g/mol. The number of nitrogens with zero attached hydrogens (tertiary/aromatic N) is 2. The lowest BCUT2D eigenvalue weighted by molar-refractivity contribution is 0.0909. The van der Waals surface area contributed by atoms with E-state index in [0.717, 1.165) is 44.3 Å². The number of aliphatic hydroxyl groups is 1. The molecule has 2 atom stereocenters. The lowest BCUT2D eigenvalue weighted by Gasteiger charge is -2.29. The van der Waals surface area contributed by atoms with Gasteiger partial charge in [0.1, 0.15) is 0 Å². The minimum absolute atomic E-state index is 0.173. The van der Waals surface area contributed by atoms with Crippen LogP contribution in [-0.4, -0.2) is 33.3 Å². The highest BCUT2D eigenvalue weighted by Crippen LogP contribution is 2.16. The number of hydrogen-bond donors (Lipinski definition) is 2. The van der Waals surface area contributed by atoms with Gasteiger partial charge in [-0.15, -0.1) is 0 Å². The van der Waals surface area contributed by atoms with Crippen molar-refractivity contribution in [3.05, 3.63) is 30.6 Å². The zero-order chi connectivity index (χ0) is 13.1. The highest BCUT2D eigenvalue weighted by atomic mass is 16.3. The van der Waals surface area contributed by atoms with Crippen LogP contribution in [0.15, 0.2) is 30.6 Å². The maximum atomic E-state index is 9.92. The smallest absolute Gasteiger partial charge is 0.0958 e. The van der Waals surface area contributed by atoms with Gasteiger partial charge in [0.15, 0.2) is 0 Å². The second-order valence-electron chi connectivity index (χ2n) is 5.34. The number of para-hydroxylation sites is 2. The number of aryl methyl sites for hydroxylation is 1. The molecule has 0 spiro atoms. The molecule has 1 aromatic heterocycles. The van der Waals surface area contributed by atoms with E-state index < -0.39 is 0 Å². The Kier molecular flexibility index (Phi) is 3.80. The molecule has 0 radical (unpaired) electrons. The Bertz CT molecular complexity index is 537. The van der Waals surface area contributed by atoms with Crippen molar-refractivity contribution in [2.45, 2.75) is 44.4 Å². The summed E-state index contributed by atoms with van der Waals surface area (Å²) in [4.78, 5) is 4.40. The number of fused-ring (bicyclic) bond motifs is 1. The lowest BCUT2D eigenvalue weighted by atomic mass is 9.97. The van der Waals surface area contributed by atoms with E-state index in [-0.39, 0.29) is 12.1 Å². The summed E-state index contributed by atoms with van der Waals surface area (Å²) >= 11 is 0. The highest BCUT2D eigenvalue weighted by molar-refractivity contribution is 5.74. The molecule has 2 N–H and O–H groups in total. The molecular formula is C15H21N3O. The molecule has 1 fully saturated rings. The van der Waals surface area contributed by atoms with Crippen LogP contribution >= 0.6 is 0 Å². The first-order valence-corrected chi connectivity index (χ1v) is 7.16. The summed E-state index contributed by atoms with van der Waals surface area (Å²) in [6.45, 7) is 2.00. The molecule has 0 amide bonds. The van der Waals surface area contributed by atoms with Gasteiger partial charge in [-0.1, -0.05) is 12.1 Å². The van der Waals surface area contributed by atoms with E-state index in [1.807, 2.05) is 24.5 Å². The number of benzene rings is 1. The fraction of sp³-hybridized carbons (Fsp3) is 0.533. The molecule has 0 bridgehead atoms. The molecular weight excluding hydrogens is 238 g/mol. The molecule has 2 aromatic rings. The van der Waals surface area contributed by atoms with E-state index in [9.17, 15) is 5.11 Å². The van der Waals surface area contributed by atoms with Gasteiger partial charge in [-0.05, 0) is 44.4 Å². The van der Waals surface area contributed by atoms with E-state index in [1.54, 1.807) is 0 Å². The lowest BCUT2D eigenvalue weighted by Crippen LogP contribution is -2.44. The van der Waals surface area contributed by atoms with Crippen molar-refractivity contribution in [3.63, 3.8) is 0 Å². The van der Waals surface area contributed by atoms with E-state index in [0.29, 0.717) is 0 Å². The van der Waals surface area contributed by atoms with Gasteiger partial charge in [0.2, 0.25) is 0 Å². The summed E-state index contributed by atoms with van der Waals surface area (Å²) in [6.07, 6.45) is 5.85. The van der Waals surface area contributed by atoms with Crippen LogP contribution in [0.1, 0.15) is 25.7 Å². The van der Waals surface area contributed by atoms with Gasteiger partial charge in [0, 0.05) is 12.6 Å². The van der Waals surface area contributed by atoms with Gasteiger partial charge < -0.3 is 15.0 Å². The van der Waals surface area contributed by atoms with Gasteiger partial charge in [-0.3, -0.25) is 0 Å². The second-order valence-corrected chi connectivity index (χ2v) is 5.34. The van der Waals surface area contributed by atoms with Crippen molar-refractivity contribution >= 4 is 11.0 Å². The van der Waals surface area contributed by atoms with Crippen LogP contribution in [0, 0.1) is 0 Å². The fourth-order valence-electron chi connectivity index (χ4n) is 2.90. The third kappa shape index (κ3) is 2.80. The molecule has 1 saturated heterocycles. The van der Waals surface area contributed by atoms with Crippen LogP contribution in [0.25, 0.3) is 11.0 Å². The highest BCUT2D eigenvalue weighted by Gasteiger charge is 2.21. The van der Waals surface area contributed by atoms with Gasteiger partial charge >= 0.3 is 0 Å². The quantitative estimate of drug-likeness (QED) is 0.882. The van der Waals surface area contributed by atoms with Crippen molar-refractivity contribution in [1.82, 2.24) is 14.9 Å². The average Bonchev–Trinajstić information content (AvgIpc) is 2.85. The van der Waals surface area contributed by atoms with Gasteiger partial charge in [-0.2, -0.15) is 0 Å². The van der Waals surface area contributed by atoms with Crippen LogP contribution in [0.2, 0.25) is 0 Å². The van der Waals surface area contributed by atoms with Crippen molar-refractivity contribution in [2.24, 2.45) is 0 Å². The first kappa shape index (κ1) is 12.6. The molecule has 0 aliphatic carbocycles. The summed E-state index contributed by atoms with van der Waals surface area (Å²) < 4.78 is 2.20. The molecule has 0 saturated carbocycles. The van der Waals surface area contributed by atoms with Crippen molar-refractivity contribution in [1.29, 1.82) is 0 Å². The summed E-state index contributed by atoms with van der Waals surface area (Å²) in [5.74, 6) is 0. The molecule has 19 heavy (non-hydrogen) atoms. The summed E-state index contributed by atoms with van der Waals surface area (Å²) in [7, 11) is 0. The van der Waals surface area contributed by atoms with Gasteiger partial charge in [0.25, 0.3) is 0 Å². The fourth-order valence-corrected chi connectivity index (χ4v) is 2.90. The predicted molar refractivity (Wildman–Crippen MR) is 76.0 cm³/mol. The molecule has 4 nitrogen and oxygen atoms in total. The van der Waals surface area contributed by atoms with E-state index in [2.05, 4.69) is 20.9 Å². The summed E-state index contributed by atoms with van der Waals surface area (Å²) in [5, 5.41) is 13.3. The number of aliphatic hydroxyl groups excluding tert-OH is 1. The van der Waals surface area contributed by atoms with E-state index in [4.69, 9.17) is 0 Å². The second kappa shape index (κ2) is 5.72. The van der Waals surface area contributed by atoms with Crippen LogP contribution in [-0.2, 0) is 6.54 Å². The number of imidazole rings is 1. The van der Waals surface area contributed by atoms with Gasteiger partial charge in [0.05, 0.1) is 23.5 Å². The largest absolute Gasteiger partial charge is 0.392 e. The van der Waals surface area contributed by atoms with Crippen LogP contribution in [0.5, 0.6) is 0 Å². The Morgan fingerprint density at radius 1 is 1.37 bits per heavy atom. The predicted octanol–water partition coefficient (Wildman–Crippen LogP) is 1.93. The van der Waals surface area contributed by atoms with E-state index >= 15 is 0 Å². The first-order chi connectivity index (χ1) is 9.34. The number of rotatable bonds is 4. The van der Waals surface area contributed by atoms with Crippen molar-refractivity contribution < 1.29 is 5.11 Å². The number of aromatic nitrogens is 2. The summed E-state index contributed by atoms with van der Waals surface area (Å²) in [5.41, 5.74) is 2.25.